The van der Waals surface area contributed by atoms with Gasteiger partial charge in [0.25, 0.3) is 0 Å². The zero-order valence-corrected chi connectivity index (χ0v) is 19.4. The van der Waals surface area contributed by atoms with Gasteiger partial charge in [-0.1, -0.05) is 66.7 Å². The number of benzene rings is 3. The zero-order valence-electron chi connectivity index (χ0n) is 19.4. The lowest BCUT2D eigenvalue weighted by atomic mass is 9.84. The molecule has 0 bridgehead atoms. The molecule has 4 nitrogen and oxygen atoms in total. The predicted molar refractivity (Wildman–Crippen MR) is 139 cm³/mol. The van der Waals surface area contributed by atoms with Crippen LogP contribution >= 0.6 is 0 Å². The normalized spacial score (nSPS) is 17.6. The first-order valence-electron chi connectivity index (χ1n) is 12.1. The molecule has 3 aromatic rings. The Morgan fingerprint density at radius 2 is 1.79 bits per heavy atom. The van der Waals surface area contributed by atoms with Gasteiger partial charge in [0.15, 0.2) is 0 Å². The van der Waals surface area contributed by atoms with E-state index in [1.807, 2.05) is 0 Å². The molecule has 3 aromatic carbocycles. The van der Waals surface area contributed by atoms with E-state index >= 15 is 0 Å². The second kappa shape index (κ2) is 10.4. The number of aryl methyl sites for hydroxylation is 1. The minimum Gasteiger partial charge on any atom is -0.491 e. The van der Waals surface area contributed by atoms with E-state index in [1.165, 1.54) is 21.9 Å². The molecule has 4 heteroatoms. The Morgan fingerprint density at radius 1 is 0.941 bits per heavy atom. The first-order chi connectivity index (χ1) is 16.8. The molecule has 174 valence electrons. The maximum absolute atomic E-state index is 9.47. The first-order valence-corrected chi connectivity index (χ1v) is 12.1. The molecule has 0 spiro atoms. The molecule has 2 aliphatic carbocycles. The van der Waals surface area contributed by atoms with Gasteiger partial charge in [-0.3, -0.25) is 0 Å². The topological polar surface area (TPSA) is 64.7 Å². The molecule has 3 N–H and O–H groups in total. The van der Waals surface area contributed by atoms with Crippen LogP contribution in [-0.4, -0.2) is 37.6 Å². The highest BCUT2D eigenvalue weighted by atomic mass is 16.5. The molecule has 1 unspecified atom stereocenters. The van der Waals surface area contributed by atoms with Gasteiger partial charge in [-0.25, -0.2) is 0 Å². The molecule has 0 aromatic heterocycles. The summed E-state index contributed by atoms with van der Waals surface area (Å²) >= 11 is 0. The number of nitrogens with two attached hydrogens (primary N) is 1. The summed E-state index contributed by atoms with van der Waals surface area (Å²) in [5.41, 5.74) is 12.9. The van der Waals surface area contributed by atoms with Gasteiger partial charge in [0.1, 0.15) is 12.4 Å². The monoisotopic (exact) mass is 453 g/mol. The zero-order chi connectivity index (χ0) is 23.3. The van der Waals surface area contributed by atoms with Crippen molar-refractivity contribution in [2.45, 2.75) is 25.4 Å². The van der Waals surface area contributed by atoms with Gasteiger partial charge in [0.2, 0.25) is 0 Å². The summed E-state index contributed by atoms with van der Waals surface area (Å²) in [6, 6.07) is 21.5. The van der Waals surface area contributed by atoms with Crippen LogP contribution in [0.15, 0.2) is 78.6 Å². The summed E-state index contributed by atoms with van der Waals surface area (Å²) in [4.78, 5) is 0. The van der Waals surface area contributed by atoms with E-state index in [2.05, 4.69) is 78.9 Å². The fraction of sp³-hybridized carbons (Fsp3) is 0.267. The summed E-state index contributed by atoms with van der Waals surface area (Å²) in [5.74, 6) is 0.796. The molecule has 34 heavy (non-hydrogen) atoms. The van der Waals surface area contributed by atoms with Gasteiger partial charge in [-0.15, -0.1) is 0 Å². The van der Waals surface area contributed by atoms with Gasteiger partial charge in [0, 0.05) is 18.5 Å². The smallest absolute Gasteiger partial charge is 0.123 e. The van der Waals surface area contributed by atoms with Crippen LogP contribution in [0, 0.1) is 0 Å². The lowest BCUT2D eigenvalue weighted by Crippen LogP contribution is -2.24. The molecule has 0 saturated heterocycles. The van der Waals surface area contributed by atoms with E-state index in [9.17, 15) is 5.11 Å². The number of hydrogen-bond acceptors (Lipinski definition) is 4. The van der Waals surface area contributed by atoms with Crippen molar-refractivity contribution >= 4 is 28.0 Å². The number of aliphatic hydroxyl groups excluding tert-OH is 1. The second-order valence-corrected chi connectivity index (χ2v) is 8.78. The minimum atomic E-state index is -0.122. The van der Waals surface area contributed by atoms with Crippen LogP contribution in [0.4, 0.5) is 0 Å². The summed E-state index contributed by atoms with van der Waals surface area (Å²) in [6.07, 6.45) is 9.21. The number of ether oxygens (including phenoxy) is 2. The number of rotatable bonds is 8. The molecule has 5 rings (SSSR count). The fourth-order valence-electron chi connectivity index (χ4n) is 4.88. The van der Waals surface area contributed by atoms with Crippen molar-refractivity contribution in [3.05, 3.63) is 101 Å². The number of hydrogen-bond donors (Lipinski definition) is 2. The third-order valence-electron chi connectivity index (χ3n) is 6.56. The highest BCUT2D eigenvalue weighted by molar-refractivity contribution is 5.89. The Labute approximate surface area is 201 Å². The molecular formula is C30H31NO3. The first kappa shape index (κ1) is 22.6. The van der Waals surface area contributed by atoms with Crippen molar-refractivity contribution in [3.8, 4) is 0 Å². The quantitative estimate of drug-likeness (QED) is 0.483. The maximum Gasteiger partial charge on any atom is 0.123 e. The third-order valence-corrected chi connectivity index (χ3v) is 6.56. The van der Waals surface area contributed by atoms with Gasteiger partial charge >= 0.3 is 0 Å². The van der Waals surface area contributed by atoms with Gasteiger partial charge in [0.05, 0.1) is 19.3 Å². The summed E-state index contributed by atoms with van der Waals surface area (Å²) in [7, 11) is 0. The number of aliphatic hydroxyl groups is 1. The molecule has 0 saturated carbocycles. The van der Waals surface area contributed by atoms with Crippen LogP contribution in [-0.2, 0) is 15.9 Å². The molecular weight excluding hydrogens is 422 g/mol. The Hall–Kier alpha value is -3.18. The standard InChI is InChI=1S/C30H31NO3/c31-13-15-33-29-19-28(26-12-10-22-6-2-4-8-24(22)18-26)30(34-16-14-32)20-27(29)25-11-9-21-5-1-3-7-23(21)17-25/h1-2,4-6,8-12,17-18,20,29,32H,3,7,13-16,19,31H2. The van der Waals surface area contributed by atoms with Gasteiger partial charge < -0.3 is 20.3 Å². The lowest BCUT2D eigenvalue weighted by molar-refractivity contribution is 0.0977. The van der Waals surface area contributed by atoms with Crippen molar-refractivity contribution in [2.75, 3.05) is 26.4 Å². The van der Waals surface area contributed by atoms with Crippen LogP contribution in [0.2, 0.25) is 0 Å². The van der Waals surface area contributed by atoms with Crippen LogP contribution < -0.4 is 5.73 Å². The van der Waals surface area contributed by atoms with Crippen molar-refractivity contribution in [1.82, 2.24) is 0 Å². The van der Waals surface area contributed by atoms with E-state index in [-0.39, 0.29) is 19.3 Å². The minimum absolute atomic E-state index is 0.0318. The SMILES string of the molecule is NCCOC1CC(c2ccc3ccccc3c2)=C(OCCO)C=C1c1ccc2c(c1)CCC=C2. The Bertz CT molecular complexity index is 1270. The van der Waals surface area contributed by atoms with Crippen LogP contribution in [0.5, 0.6) is 0 Å². The third kappa shape index (κ3) is 4.71. The predicted octanol–water partition coefficient (Wildman–Crippen LogP) is 5.35. The maximum atomic E-state index is 9.47. The molecule has 2 aliphatic rings. The Morgan fingerprint density at radius 3 is 2.65 bits per heavy atom. The van der Waals surface area contributed by atoms with Gasteiger partial charge in [-0.2, -0.15) is 0 Å². The van der Waals surface area contributed by atoms with E-state index in [4.69, 9.17) is 15.2 Å². The lowest BCUT2D eigenvalue weighted by Gasteiger charge is -2.29. The second-order valence-electron chi connectivity index (χ2n) is 8.78. The average molecular weight is 454 g/mol. The molecule has 0 amide bonds. The molecule has 0 aliphatic heterocycles. The highest BCUT2D eigenvalue weighted by Crippen LogP contribution is 2.39. The molecule has 0 fully saturated rings. The van der Waals surface area contributed by atoms with Crippen molar-refractivity contribution < 1.29 is 14.6 Å². The van der Waals surface area contributed by atoms with Crippen molar-refractivity contribution in [1.29, 1.82) is 0 Å². The van der Waals surface area contributed by atoms with Crippen molar-refractivity contribution in [2.24, 2.45) is 5.73 Å². The van der Waals surface area contributed by atoms with E-state index < -0.39 is 0 Å². The fourth-order valence-corrected chi connectivity index (χ4v) is 4.88. The van der Waals surface area contributed by atoms with Gasteiger partial charge in [-0.05, 0) is 63.6 Å². The highest BCUT2D eigenvalue weighted by Gasteiger charge is 2.27. The Kier molecular flexibility index (Phi) is 6.91. The summed E-state index contributed by atoms with van der Waals surface area (Å²) < 4.78 is 12.4. The largest absolute Gasteiger partial charge is 0.491 e. The van der Waals surface area contributed by atoms with E-state index in [1.54, 1.807) is 0 Å². The van der Waals surface area contributed by atoms with E-state index in [0.717, 1.165) is 40.9 Å². The molecule has 0 heterocycles. The van der Waals surface area contributed by atoms with Crippen LogP contribution in [0.3, 0.4) is 0 Å². The van der Waals surface area contributed by atoms with Crippen LogP contribution in [0.25, 0.3) is 28.0 Å². The summed E-state index contributed by atoms with van der Waals surface area (Å²) in [6.45, 7) is 1.19. The van der Waals surface area contributed by atoms with Crippen molar-refractivity contribution in [3.63, 3.8) is 0 Å². The number of allylic oxidation sites excluding steroid dienone is 2. The average Bonchev–Trinajstić information content (AvgIpc) is 2.90. The number of fused-ring (bicyclic) bond motifs is 2. The summed E-state index contributed by atoms with van der Waals surface area (Å²) in [5, 5.41) is 11.9. The Balaban J connectivity index is 1.60. The molecule has 1 atom stereocenters. The molecule has 0 radical (unpaired) electrons. The van der Waals surface area contributed by atoms with E-state index in [0.29, 0.717) is 19.6 Å². The van der Waals surface area contributed by atoms with Crippen LogP contribution in [0.1, 0.15) is 35.1 Å².